The molecule has 3 heteroatoms. The van der Waals surface area contributed by atoms with Crippen molar-refractivity contribution in [2.45, 2.75) is 12.5 Å². The average Bonchev–Trinajstić information content (AvgIpc) is 2.83. The molecule has 31 heavy (non-hydrogen) atoms. The van der Waals surface area contributed by atoms with E-state index in [0.717, 1.165) is 16.7 Å². The van der Waals surface area contributed by atoms with Crippen LogP contribution in [0.5, 0.6) is 0 Å². The highest BCUT2D eigenvalue weighted by molar-refractivity contribution is 5.99. The molecular weight excluding hydrogens is 382 g/mol. The number of aliphatic hydroxyl groups excluding tert-OH is 1. The summed E-state index contributed by atoms with van der Waals surface area (Å²) in [4.78, 5) is 13.0. The van der Waals surface area contributed by atoms with Crippen molar-refractivity contribution in [3.8, 4) is 0 Å². The Hall–Kier alpha value is -3.69. The lowest BCUT2D eigenvalue weighted by atomic mass is 10.0. The molecule has 0 aliphatic heterocycles. The number of fused-ring (bicyclic) bond motifs is 1. The summed E-state index contributed by atoms with van der Waals surface area (Å²) in [6, 6.07) is 31.6. The van der Waals surface area contributed by atoms with Gasteiger partial charge in [-0.3, -0.25) is 4.79 Å². The van der Waals surface area contributed by atoms with Gasteiger partial charge in [0.2, 0.25) is 0 Å². The molecule has 4 rings (SSSR count). The first-order valence-corrected chi connectivity index (χ1v) is 10.4. The summed E-state index contributed by atoms with van der Waals surface area (Å²) in [5, 5.41) is 15.1. The van der Waals surface area contributed by atoms with Crippen LogP contribution in [0.4, 0.5) is 0 Å². The molecule has 4 aromatic carbocycles. The van der Waals surface area contributed by atoms with Crippen LogP contribution in [0.1, 0.15) is 27.0 Å². The molecule has 0 saturated carbocycles. The quantitative estimate of drug-likeness (QED) is 0.406. The molecule has 1 amide bonds. The molecule has 0 spiro atoms. The summed E-state index contributed by atoms with van der Waals surface area (Å²) >= 11 is 0. The normalized spacial score (nSPS) is 12.2. The molecule has 1 unspecified atom stereocenters. The minimum Gasteiger partial charge on any atom is -0.394 e. The topological polar surface area (TPSA) is 49.3 Å². The fourth-order valence-electron chi connectivity index (χ4n) is 3.67. The summed E-state index contributed by atoms with van der Waals surface area (Å²) in [5.74, 6) is -0.186. The summed E-state index contributed by atoms with van der Waals surface area (Å²) in [5.41, 5.74) is 3.58. The minimum atomic E-state index is -0.340. The van der Waals surface area contributed by atoms with Crippen LogP contribution in [0.2, 0.25) is 0 Å². The van der Waals surface area contributed by atoms with E-state index in [1.54, 1.807) is 0 Å². The molecule has 0 aliphatic rings. The second kappa shape index (κ2) is 9.88. The van der Waals surface area contributed by atoms with Gasteiger partial charge in [0.1, 0.15) is 0 Å². The van der Waals surface area contributed by atoms with Gasteiger partial charge in [-0.2, -0.15) is 0 Å². The number of amides is 1. The maximum Gasteiger partial charge on any atom is 0.252 e. The van der Waals surface area contributed by atoms with E-state index < -0.39 is 0 Å². The van der Waals surface area contributed by atoms with E-state index in [1.165, 1.54) is 10.8 Å². The van der Waals surface area contributed by atoms with Gasteiger partial charge in [-0.15, -0.1) is 0 Å². The van der Waals surface area contributed by atoms with Crippen LogP contribution in [0.3, 0.4) is 0 Å². The first-order valence-electron chi connectivity index (χ1n) is 10.4. The van der Waals surface area contributed by atoms with Crippen molar-refractivity contribution in [2.24, 2.45) is 0 Å². The summed E-state index contributed by atoms with van der Waals surface area (Å²) in [6.07, 6.45) is 4.56. The summed E-state index contributed by atoms with van der Waals surface area (Å²) in [6.45, 7) is -0.115. The highest BCUT2D eigenvalue weighted by atomic mass is 16.3. The van der Waals surface area contributed by atoms with Crippen LogP contribution in [-0.4, -0.2) is 23.7 Å². The average molecular weight is 408 g/mol. The zero-order valence-electron chi connectivity index (χ0n) is 17.2. The molecule has 0 aliphatic carbocycles. The van der Waals surface area contributed by atoms with Crippen LogP contribution >= 0.6 is 0 Å². The van der Waals surface area contributed by atoms with Gasteiger partial charge < -0.3 is 10.4 Å². The molecule has 0 saturated heterocycles. The molecule has 0 radical (unpaired) electrons. The Morgan fingerprint density at radius 3 is 2.32 bits per heavy atom. The number of rotatable bonds is 7. The Morgan fingerprint density at radius 1 is 0.806 bits per heavy atom. The van der Waals surface area contributed by atoms with Gasteiger partial charge in [-0.1, -0.05) is 97.1 Å². The van der Waals surface area contributed by atoms with E-state index in [1.807, 2.05) is 78.9 Å². The predicted molar refractivity (Wildman–Crippen MR) is 128 cm³/mol. The number of benzene rings is 4. The Morgan fingerprint density at radius 2 is 1.52 bits per heavy atom. The Kier molecular flexibility index (Phi) is 6.56. The molecule has 0 heterocycles. The SMILES string of the molecule is O=C(NC(CO)Cc1ccccc1)c1ccccc1C=Cc1ccc2ccccc2c1. The molecule has 4 aromatic rings. The van der Waals surface area contributed by atoms with Gasteiger partial charge in [0.15, 0.2) is 0 Å². The number of carbonyl (C=O) groups excluding carboxylic acids is 1. The van der Waals surface area contributed by atoms with Crippen molar-refractivity contribution in [3.63, 3.8) is 0 Å². The lowest BCUT2D eigenvalue weighted by Crippen LogP contribution is -2.39. The van der Waals surface area contributed by atoms with E-state index in [2.05, 4.69) is 35.6 Å². The molecule has 0 fully saturated rings. The predicted octanol–water partition coefficient (Wildman–Crippen LogP) is 5.34. The Bertz CT molecular complexity index is 1200. The minimum absolute atomic E-state index is 0.115. The van der Waals surface area contributed by atoms with Gasteiger partial charge in [-0.05, 0) is 46.0 Å². The van der Waals surface area contributed by atoms with E-state index in [-0.39, 0.29) is 18.6 Å². The summed E-state index contributed by atoms with van der Waals surface area (Å²) < 4.78 is 0. The monoisotopic (exact) mass is 407 g/mol. The molecule has 2 N–H and O–H groups in total. The van der Waals surface area contributed by atoms with Crippen molar-refractivity contribution >= 4 is 28.8 Å². The third kappa shape index (κ3) is 5.27. The van der Waals surface area contributed by atoms with Crippen LogP contribution in [0.25, 0.3) is 22.9 Å². The number of nitrogens with one attached hydrogen (secondary N) is 1. The van der Waals surface area contributed by atoms with Gasteiger partial charge in [-0.25, -0.2) is 0 Å². The van der Waals surface area contributed by atoms with Crippen molar-refractivity contribution in [1.82, 2.24) is 5.32 Å². The first kappa shape index (κ1) is 20.6. The van der Waals surface area contributed by atoms with E-state index in [9.17, 15) is 9.90 Å². The van der Waals surface area contributed by atoms with Crippen molar-refractivity contribution in [3.05, 3.63) is 119 Å². The molecule has 0 aromatic heterocycles. The Balaban J connectivity index is 1.51. The molecule has 1 atom stereocenters. The third-order valence-electron chi connectivity index (χ3n) is 5.31. The van der Waals surface area contributed by atoms with Crippen LogP contribution < -0.4 is 5.32 Å². The van der Waals surface area contributed by atoms with E-state index in [0.29, 0.717) is 12.0 Å². The van der Waals surface area contributed by atoms with Gasteiger partial charge in [0, 0.05) is 5.56 Å². The van der Waals surface area contributed by atoms with Crippen molar-refractivity contribution in [1.29, 1.82) is 0 Å². The number of hydrogen-bond donors (Lipinski definition) is 2. The van der Waals surface area contributed by atoms with Gasteiger partial charge in [0.05, 0.1) is 12.6 Å². The Labute approximate surface area is 182 Å². The highest BCUT2D eigenvalue weighted by Gasteiger charge is 2.15. The lowest BCUT2D eigenvalue weighted by Gasteiger charge is -2.17. The number of carbonyl (C=O) groups is 1. The van der Waals surface area contributed by atoms with Crippen LogP contribution in [0, 0.1) is 0 Å². The number of hydrogen-bond acceptors (Lipinski definition) is 2. The van der Waals surface area contributed by atoms with Crippen LogP contribution in [-0.2, 0) is 6.42 Å². The van der Waals surface area contributed by atoms with Crippen molar-refractivity contribution < 1.29 is 9.90 Å². The second-order valence-corrected chi connectivity index (χ2v) is 7.57. The molecule has 0 bridgehead atoms. The fourth-order valence-corrected chi connectivity index (χ4v) is 3.67. The maximum absolute atomic E-state index is 13.0. The second-order valence-electron chi connectivity index (χ2n) is 7.57. The molecule has 154 valence electrons. The third-order valence-corrected chi connectivity index (χ3v) is 5.31. The zero-order chi connectivity index (χ0) is 21.5. The first-order chi connectivity index (χ1) is 15.2. The fraction of sp³-hybridized carbons (Fsp3) is 0.107. The largest absolute Gasteiger partial charge is 0.394 e. The summed E-state index contributed by atoms with van der Waals surface area (Å²) in [7, 11) is 0. The smallest absolute Gasteiger partial charge is 0.252 e. The van der Waals surface area contributed by atoms with E-state index in [4.69, 9.17) is 0 Å². The van der Waals surface area contributed by atoms with Gasteiger partial charge in [0.25, 0.3) is 5.91 Å². The van der Waals surface area contributed by atoms with E-state index >= 15 is 0 Å². The lowest BCUT2D eigenvalue weighted by molar-refractivity contribution is 0.0916. The zero-order valence-corrected chi connectivity index (χ0v) is 17.2. The van der Waals surface area contributed by atoms with Crippen LogP contribution in [0.15, 0.2) is 97.1 Å². The van der Waals surface area contributed by atoms with Crippen molar-refractivity contribution in [2.75, 3.05) is 6.61 Å². The molecule has 3 nitrogen and oxygen atoms in total. The maximum atomic E-state index is 13.0. The van der Waals surface area contributed by atoms with Gasteiger partial charge >= 0.3 is 0 Å². The standard InChI is InChI=1S/C28H25NO2/c30-20-26(19-21-8-2-1-3-9-21)29-28(31)27-13-7-6-11-24(27)17-15-22-14-16-23-10-4-5-12-25(23)18-22/h1-18,26,30H,19-20H2,(H,29,31). The highest BCUT2D eigenvalue weighted by Crippen LogP contribution is 2.19. The number of aliphatic hydroxyl groups is 1. The molecular formula is C28H25NO2.